The summed E-state index contributed by atoms with van der Waals surface area (Å²) in [5, 5.41) is 30.1. The van der Waals surface area contributed by atoms with Crippen LogP contribution in [0.25, 0.3) is 0 Å². The summed E-state index contributed by atoms with van der Waals surface area (Å²) >= 11 is 0. The molecular formula is C37H56O8S. The van der Waals surface area contributed by atoms with Crippen LogP contribution in [0.5, 0.6) is 5.75 Å². The molecule has 258 valence electrons. The van der Waals surface area contributed by atoms with E-state index < -0.39 is 10.4 Å². The van der Waals surface area contributed by atoms with Crippen LogP contribution in [0.2, 0.25) is 0 Å². The van der Waals surface area contributed by atoms with Crippen LogP contribution in [0.4, 0.5) is 0 Å². The Morgan fingerprint density at radius 2 is 1.43 bits per heavy atom. The Morgan fingerprint density at radius 1 is 0.739 bits per heavy atom. The second kappa shape index (κ2) is 12.4. The first-order valence-electron chi connectivity index (χ1n) is 18.0. The first kappa shape index (κ1) is 34.3. The van der Waals surface area contributed by atoms with Crippen molar-refractivity contribution >= 4 is 16.2 Å². The number of phenols is 1. The van der Waals surface area contributed by atoms with Gasteiger partial charge in [-0.2, -0.15) is 8.42 Å². The molecule has 8 nitrogen and oxygen atoms in total. The third kappa shape index (κ3) is 6.10. The minimum Gasteiger partial charge on any atom is -0.508 e. The molecule has 9 heteroatoms. The van der Waals surface area contributed by atoms with Gasteiger partial charge in [0.2, 0.25) is 0 Å². The highest BCUT2D eigenvalue weighted by Crippen LogP contribution is 2.65. The van der Waals surface area contributed by atoms with Crippen LogP contribution >= 0.6 is 0 Å². The number of Topliss-reactive ketones (excluding diaryl/α,β-unsaturated/α-hetero) is 1. The number of fused-ring (bicyclic) bond motifs is 10. The summed E-state index contributed by atoms with van der Waals surface area (Å²) in [5.41, 5.74) is 3.44. The van der Waals surface area contributed by atoms with Gasteiger partial charge in [-0.1, -0.05) is 26.8 Å². The summed E-state index contributed by atoms with van der Waals surface area (Å²) < 4.78 is 31.6. The summed E-state index contributed by atoms with van der Waals surface area (Å²) in [7, 11) is -4.67. The lowest BCUT2D eigenvalue weighted by molar-refractivity contribution is -0.142. The lowest BCUT2D eigenvalue weighted by Crippen LogP contribution is -2.54. The van der Waals surface area contributed by atoms with E-state index in [9.17, 15) is 20.1 Å². The zero-order chi connectivity index (χ0) is 33.2. The van der Waals surface area contributed by atoms with E-state index in [0.29, 0.717) is 34.7 Å². The van der Waals surface area contributed by atoms with E-state index in [-0.39, 0.29) is 23.0 Å². The Labute approximate surface area is 275 Å². The van der Waals surface area contributed by atoms with Gasteiger partial charge in [-0.25, -0.2) is 0 Å². The standard InChI is InChI=1S/C19H30O2.C18H24O2.H2O4S/c1-18-9-7-13(20)11-12(18)3-4-14-15-5-6-17(21)19(15,2)10-8-16(14)18;1-18-9-8-14-13-5-3-12(19)10-11(13)2-4-15(14)16(18)6-7-17(18)20;1-5(2,3)4/h12-16,20H,3-11H2,1-2H3;3,5,10,14-17,19-20H,2,4,6-9H2,1H3;(H2,1,2,3,4)/t12?,13-,14-,15-,16-,18-,19-;14-,15-,16+,17-,18+;/m01./s1. The Kier molecular flexibility index (Phi) is 9.27. The number of benzene rings is 1. The molecule has 7 aliphatic carbocycles. The number of phenolic OH excluding ortho intramolecular Hbond substituents is 1. The first-order valence-corrected chi connectivity index (χ1v) is 19.4. The SMILES string of the molecule is C[C@]12CC[C@@H]3c4ccc(O)cc4CC[C@H]3[C@@H]1CC[C@H]2O.C[C@]12CC[C@H](O)CC1CC[C@@H]1[C@@H]2CC[C@]2(C)C(=O)CC[C@@H]12.O=S(=O)(O)O. The van der Waals surface area contributed by atoms with Crippen molar-refractivity contribution in [2.24, 2.45) is 51.8 Å². The molecule has 0 radical (unpaired) electrons. The number of carbonyl (C=O) groups is 1. The summed E-state index contributed by atoms with van der Waals surface area (Å²) in [6, 6.07) is 5.96. The third-order valence-electron chi connectivity index (χ3n) is 15.0. The molecule has 0 amide bonds. The van der Waals surface area contributed by atoms with Gasteiger partial charge < -0.3 is 15.3 Å². The highest BCUT2D eigenvalue weighted by Gasteiger charge is 2.60. The molecule has 5 N–H and O–H groups in total. The molecule has 0 aliphatic heterocycles. The lowest BCUT2D eigenvalue weighted by atomic mass is 9.45. The number of aliphatic hydroxyl groups excluding tert-OH is 2. The smallest absolute Gasteiger partial charge is 0.394 e. The second-order valence-corrected chi connectivity index (χ2v) is 17.8. The molecule has 0 heterocycles. The number of ketones is 1. The van der Waals surface area contributed by atoms with Gasteiger partial charge in [0.25, 0.3) is 0 Å². The van der Waals surface area contributed by atoms with Crippen LogP contribution in [-0.2, 0) is 21.6 Å². The molecule has 0 bridgehead atoms. The average Bonchev–Trinajstić information content (AvgIpc) is 3.47. The van der Waals surface area contributed by atoms with E-state index in [0.717, 1.165) is 75.0 Å². The van der Waals surface area contributed by atoms with E-state index in [4.69, 9.17) is 17.5 Å². The number of rotatable bonds is 0. The second-order valence-electron chi connectivity index (χ2n) is 16.9. The summed E-state index contributed by atoms with van der Waals surface area (Å²) in [6.45, 7) is 7.10. The van der Waals surface area contributed by atoms with Gasteiger partial charge in [0.15, 0.2) is 0 Å². The van der Waals surface area contributed by atoms with Gasteiger partial charge >= 0.3 is 10.4 Å². The van der Waals surface area contributed by atoms with E-state index in [1.54, 1.807) is 0 Å². The van der Waals surface area contributed by atoms with E-state index in [1.165, 1.54) is 56.1 Å². The molecule has 1 aromatic rings. The van der Waals surface area contributed by atoms with Crippen LogP contribution in [0, 0.1) is 51.8 Å². The molecule has 6 fully saturated rings. The van der Waals surface area contributed by atoms with Crippen LogP contribution < -0.4 is 0 Å². The Morgan fingerprint density at radius 3 is 2.17 bits per heavy atom. The zero-order valence-electron chi connectivity index (χ0n) is 27.9. The van der Waals surface area contributed by atoms with Gasteiger partial charge in [-0.3, -0.25) is 13.9 Å². The molecule has 7 aliphatic rings. The van der Waals surface area contributed by atoms with Crippen molar-refractivity contribution in [2.75, 3.05) is 0 Å². The number of hydrogen-bond acceptors (Lipinski definition) is 6. The maximum absolute atomic E-state index is 12.4. The van der Waals surface area contributed by atoms with Gasteiger partial charge in [0.1, 0.15) is 11.5 Å². The number of hydrogen-bond donors (Lipinski definition) is 5. The predicted molar refractivity (Wildman–Crippen MR) is 176 cm³/mol. The Bertz CT molecular complexity index is 1400. The molecule has 46 heavy (non-hydrogen) atoms. The van der Waals surface area contributed by atoms with E-state index >= 15 is 0 Å². The van der Waals surface area contributed by atoms with Crippen LogP contribution in [-0.4, -0.2) is 50.8 Å². The fraction of sp³-hybridized carbons (Fsp3) is 0.811. The van der Waals surface area contributed by atoms with Crippen molar-refractivity contribution in [3.8, 4) is 5.75 Å². The fourth-order valence-electron chi connectivity index (χ4n) is 12.5. The van der Waals surface area contributed by atoms with E-state index in [1.807, 2.05) is 12.1 Å². The van der Waals surface area contributed by atoms with Crippen molar-refractivity contribution < 1.29 is 37.6 Å². The molecule has 6 saturated carbocycles. The van der Waals surface area contributed by atoms with Crippen molar-refractivity contribution in [1.82, 2.24) is 0 Å². The highest BCUT2D eigenvalue weighted by molar-refractivity contribution is 7.79. The topological polar surface area (TPSA) is 152 Å². The molecule has 1 aromatic carbocycles. The number of aromatic hydroxyl groups is 1. The third-order valence-corrected chi connectivity index (χ3v) is 15.0. The monoisotopic (exact) mass is 660 g/mol. The quantitative estimate of drug-likeness (QED) is 0.188. The summed E-state index contributed by atoms with van der Waals surface area (Å²) in [5.74, 6) is 6.03. The van der Waals surface area contributed by atoms with Crippen molar-refractivity contribution in [1.29, 1.82) is 0 Å². The highest BCUT2D eigenvalue weighted by atomic mass is 32.3. The maximum Gasteiger partial charge on any atom is 0.394 e. The fourth-order valence-corrected chi connectivity index (χ4v) is 12.5. The van der Waals surface area contributed by atoms with Gasteiger partial charge in [-0.05, 0) is 165 Å². The molecule has 12 atom stereocenters. The van der Waals surface area contributed by atoms with Crippen molar-refractivity contribution in [3.05, 3.63) is 29.3 Å². The molecule has 0 saturated heterocycles. The van der Waals surface area contributed by atoms with Crippen molar-refractivity contribution in [2.45, 2.75) is 135 Å². The largest absolute Gasteiger partial charge is 0.508 e. The maximum atomic E-state index is 12.4. The molecular weight excluding hydrogens is 604 g/mol. The molecule has 0 aromatic heterocycles. The van der Waals surface area contributed by atoms with Crippen LogP contribution in [0.3, 0.4) is 0 Å². The van der Waals surface area contributed by atoms with Gasteiger partial charge in [0, 0.05) is 11.8 Å². The predicted octanol–water partition coefficient (Wildman–Crippen LogP) is 6.92. The minimum absolute atomic E-state index is 0.0124. The first-order chi connectivity index (χ1) is 21.5. The Balaban J connectivity index is 0.000000142. The number of aliphatic hydroxyl groups is 2. The lowest BCUT2D eigenvalue weighted by Gasteiger charge is -2.60. The van der Waals surface area contributed by atoms with Gasteiger partial charge in [-0.15, -0.1) is 0 Å². The summed E-state index contributed by atoms with van der Waals surface area (Å²) in [4.78, 5) is 12.4. The normalized spacial score (nSPS) is 45.6. The minimum atomic E-state index is -4.67. The van der Waals surface area contributed by atoms with E-state index in [2.05, 4.69) is 26.8 Å². The number of aryl methyl sites for hydroxylation is 1. The van der Waals surface area contributed by atoms with Crippen LogP contribution in [0.15, 0.2) is 18.2 Å². The summed E-state index contributed by atoms with van der Waals surface area (Å²) in [6.07, 6.45) is 16.9. The molecule has 0 spiro atoms. The average molecular weight is 661 g/mol. The molecule has 1 unspecified atom stereocenters. The number of carbonyl (C=O) groups excluding carboxylic acids is 1. The Hall–Kier alpha value is -1.52. The zero-order valence-corrected chi connectivity index (χ0v) is 28.7. The molecule has 8 rings (SSSR count). The van der Waals surface area contributed by atoms with Crippen LogP contribution in [0.1, 0.15) is 128 Å². The van der Waals surface area contributed by atoms with Crippen molar-refractivity contribution in [3.63, 3.8) is 0 Å². The van der Waals surface area contributed by atoms with Gasteiger partial charge in [0.05, 0.1) is 12.2 Å².